The Labute approximate surface area is 338 Å². The number of allylic oxidation sites excluding steroid dienone is 11. The molecule has 4 atom stereocenters. The Morgan fingerprint density at radius 3 is 1.80 bits per heavy atom. The summed E-state index contributed by atoms with van der Waals surface area (Å²) in [4.78, 5) is 34.9. The quantitative estimate of drug-likeness (QED) is 0.0154. The number of unbranched alkanes of at least 4 members (excludes halogenated alkanes) is 11. The van der Waals surface area contributed by atoms with E-state index in [0.717, 1.165) is 83.5 Å². The summed E-state index contributed by atoms with van der Waals surface area (Å²) in [5.41, 5.74) is 0. The predicted molar refractivity (Wildman–Crippen MR) is 225 cm³/mol. The maximum atomic E-state index is 12.6. The number of esters is 2. The molecule has 0 heterocycles. The van der Waals surface area contributed by atoms with Gasteiger partial charge in [-0.25, -0.2) is 4.57 Å². The van der Waals surface area contributed by atoms with Crippen molar-refractivity contribution >= 4 is 19.8 Å². The SMILES string of the molecule is CCCCC/C=C\C/C=C\CCCCCCCC(=O)OC[C@H](COP(=O)(O)OC[C@@H](O)CO)OC(=O)CCC/C=C\C/C=C\C/C=C\C=C\[C@@H](O)CCCCC. The first-order valence-corrected chi connectivity index (χ1v) is 22.5. The maximum absolute atomic E-state index is 12.6. The molecule has 0 radical (unpaired) electrons. The van der Waals surface area contributed by atoms with Gasteiger partial charge in [0.25, 0.3) is 0 Å². The molecule has 0 rings (SSSR count). The van der Waals surface area contributed by atoms with Gasteiger partial charge in [0, 0.05) is 12.8 Å². The number of hydrogen-bond acceptors (Lipinski definition) is 10. The van der Waals surface area contributed by atoms with Gasteiger partial charge in [-0.2, -0.15) is 0 Å². The van der Waals surface area contributed by atoms with Crippen LogP contribution in [0.5, 0.6) is 0 Å². The zero-order valence-electron chi connectivity index (χ0n) is 34.4. The molecule has 0 amide bonds. The van der Waals surface area contributed by atoms with Crippen molar-refractivity contribution < 1.29 is 52.9 Å². The molecule has 322 valence electrons. The molecule has 0 aliphatic carbocycles. The molecule has 0 aliphatic rings. The van der Waals surface area contributed by atoms with Crippen LogP contribution in [-0.2, 0) is 32.7 Å². The van der Waals surface area contributed by atoms with Gasteiger partial charge in [-0.3, -0.25) is 18.6 Å². The van der Waals surface area contributed by atoms with Crippen molar-refractivity contribution in [3.05, 3.63) is 72.9 Å². The van der Waals surface area contributed by atoms with E-state index in [1.54, 1.807) is 0 Å². The average molecular weight is 811 g/mol. The van der Waals surface area contributed by atoms with Crippen LogP contribution in [0.4, 0.5) is 0 Å². The number of aliphatic hydroxyl groups is 3. The van der Waals surface area contributed by atoms with Crippen molar-refractivity contribution in [1.82, 2.24) is 0 Å². The molecule has 0 spiro atoms. The molecular weight excluding hydrogens is 735 g/mol. The van der Waals surface area contributed by atoms with Gasteiger partial charge in [-0.1, -0.05) is 138 Å². The number of hydrogen-bond donors (Lipinski definition) is 4. The first kappa shape index (κ1) is 53.4. The van der Waals surface area contributed by atoms with E-state index in [1.165, 1.54) is 19.3 Å². The zero-order chi connectivity index (χ0) is 41.4. The van der Waals surface area contributed by atoms with E-state index in [2.05, 4.69) is 54.8 Å². The van der Waals surface area contributed by atoms with Crippen LogP contribution < -0.4 is 0 Å². The van der Waals surface area contributed by atoms with Gasteiger partial charge in [-0.05, 0) is 70.6 Å². The highest BCUT2D eigenvalue weighted by molar-refractivity contribution is 7.47. The molecule has 0 aliphatic heterocycles. The van der Waals surface area contributed by atoms with Crippen LogP contribution in [0.15, 0.2) is 72.9 Å². The summed E-state index contributed by atoms with van der Waals surface area (Å²) in [6.45, 7) is 2.11. The fourth-order valence-corrected chi connectivity index (χ4v) is 5.91. The number of rotatable bonds is 38. The lowest BCUT2D eigenvalue weighted by Gasteiger charge is -2.20. The van der Waals surface area contributed by atoms with Gasteiger partial charge in [-0.15, -0.1) is 0 Å². The number of phosphoric acid groups is 1. The minimum atomic E-state index is -4.65. The number of aliphatic hydroxyl groups excluding tert-OH is 3. The van der Waals surface area contributed by atoms with E-state index in [-0.39, 0.29) is 19.4 Å². The molecule has 1 unspecified atom stereocenters. The molecule has 0 fully saturated rings. The highest BCUT2D eigenvalue weighted by atomic mass is 31.2. The van der Waals surface area contributed by atoms with Crippen LogP contribution in [0.2, 0.25) is 0 Å². The van der Waals surface area contributed by atoms with E-state index in [1.807, 2.05) is 36.5 Å². The van der Waals surface area contributed by atoms with Crippen LogP contribution in [0.1, 0.15) is 149 Å². The Bertz CT molecular complexity index is 1180. The fraction of sp³-hybridized carbons (Fsp3) is 0.682. The fourth-order valence-electron chi connectivity index (χ4n) is 5.12. The molecule has 0 saturated heterocycles. The smallest absolute Gasteiger partial charge is 0.462 e. The second kappa shape index (κ2) is 39.2. The number of ether oxygens (including phenoxy) is 2. The van der Waals surface area contributed by atoms with E-state index in [4.69, 9.17) is 19.1 Å². The van der Waals surface area contributed by atoms with E-state index in [0.29, 0.717) is 19.3 Å². The molecule has 0 saturated carbocycles. The number of phosphoric ester groups is 1. The Morgan fingerprint density at radius 1 is 0.607 bits per heavy atom. The summed E-state index contributed by atoms with van der Waals surface area (Å²) in [6.07, 6.45) is 40.5. The third kappa shape index (κ3) is 38.3. The minimum Gasteiger partial charge on any atom is -0.462 e. The molecule has 4 N–H and O–H groups in total. The molecule has 0 aromatic carbocycles. The van der Waals surface area contributed by atoms with Crippen molar-refractivity contribution in [3.63, 3.8) is 0 Å². The molecule has 56 heavy (non-hydrogen) atoms. The van der Waals surface area contributed by atoms with Gasteiger partial charge < -0.3 is 29.7 Å². The van der Waals surface area contributed by atoms with Crippen LogP contribution >= 0.6 is 7.82 Å². The van der Waals surface area contributed by atoms with Crippen LogP contribution in [0, 0.1) is 0 Å². The summed E-state index contributed by atoms with van der Waals surface area (Å²) in [6, 6.07) is 0. The molecule has 0 aromatic rings. The van der Waals surface area contributed by atoms with Gasteiger partial charge in [0.15, 0.2) is 6.10 Å². The van der Waals surface area contributed by atoms with E-state index in [9.17, 15) is 29.3 Å². The lowest BCUT2D eigenvalue weighted by molar-refractivity contribution is -0.161. The third-order valence-corrected chi connectivity index (χ3v) is 9.39. The first-order valence-electron chi connectivity index (χ1n) is 21.0. The Hall–Kier alpha value is -2.63. The van der Waals surface area contributed by atoms with Crippen molar-refractivity contribution in [2.75, 3.05) is 26.4 Å². The van der Waals surface area contributed by atoms with Gasteiger partial charge in [0.2, 0.25) is 0 Å². The lowest BCUT2D eigenvalue weighted by Crippen LogP contribution is -2.29. The molecular formula is C44H75O11P. The monoisotopic (exact) mass is 811 g/mol. The minimum absolute atomic E-state index is 0.0815. The van der Waals surface area contributed by atoms with Crippen LogP contribution in [-0.4, -0.2) is 76.9 Å². The highest BCUT2D eigenvalue weighted by Gasteiger charge is 2.27. The Kier molecular flexibility index (Phi) is 37.4. The Morgan fingerprint density at radius 2 is 1.14 bits per heavy atom. The second-order valence-corrected chi connectivity index (χ2v) is 15.3. The van der Waals surface area contributed by atoms with Crippen molar-refractivity contribution in [2.24, 2.45) is 0 Å². The number of carbonyl (C=O) groups is 2. The van der Waals surface area contributed by atoms with Gasteiger partial charge in [0.1, 0.15) is 12.7 Å². The topological polar surface area (TPSA) is 169 Å². The summed E-state index contributed by atoms with van der Waals surface area (Å²) < 4.78 is 32.6. The summed E-state index contributed by atoms with van der Waals surface area (Å²) in [7, 11) is -4.65. The maximum Gasteiger partial charge on any atom is 0.472 e. The third-order valence-electron chi connectivity index (χ3n) is 8.44. The van der Waals surface area contributed by atoms with Crippen LogP contribution in [0.25, 0.3) is 0 Å². The largest absolute Gasteiger partial charge is 0.472 e. The van der Waals surface area contributed by atoms with E-state index < -0.39 is 57.9 Å². The summed E-state index contributed by atoms with van der Waals surface area (Å²) in [5.74, 6) is -1.04. The molecule has 11 nitrogen and oxygen atoms in total. The highest BCUT2D eigenvalue weighted by Crippen LogP contribution is 2.43. The lowest BCUT2D eigenvalue weighted by atomic mass is 10.1. The summed E-state index contributed by atoms with van der Waals surface area (Å²) >= 11 is 0. The zero-order valence-corrected chi connectivity index (χ0v) is 35.3. The molecule has 0 bridgehead atoms. The predicted octanol–water partition coefficient (Wildman–Crippen LogP) is 9.86. The standard InChI is InChI=1S/C44H75O11P/c1-3-5-7-8-9-10-11-12-13-14-17-20-23-26-30-34-43(48)52-38-42(39-54-56(50,51)53-37-41(47)36-45)55-44(49)35-31-27-24-21-18-15-16-19-22-25-29-33-40(46)32-28-6-4-2/h9-10,12-13,15-16,21-22,24-25,29,33,40-42,45-47H,3-8,11,14,17-20,23,26-28,30-32,34-39H2,1-2H3,(H,50,51)/b10-9-,13-12-,16-15-,24-21-,25-22-,33-29+/t40-,41-,42+/m0/s1. The van der Waals surface area contributed by atoms with Gasteiger partial charge in [0.05, 0.1) is 25.9 Å². The van der Waals surface area contributed by atoms with Crippen molar-refractivity contribution in [2.45, 2.75) is 167 Å². The van der Waals surface area contributed by atoms with Gasteiger partial charge >= 0.3 is 19.8 Å². The van der Waals surface area contributed by atoms with Crippen LogP contribution in [0.3, 0.4) is 0 Å². The number of carbonyl (C=O) groups excluding carboxylic acids is 2. The Balaban J connectivity index is 4.50. The first-order chi connectivity index (χ1) is 27.1. The van der Waals surface area contributed by atoms with E-state index >= 15 is 0 Å². The molecule has 12 heteroatoms. The summed E-state index contributed by atoms with van der Waals surface area (Å²) in [5, 5.41) is 28.2. The van der Waals surface area contributed by atoms with Crippen molar-refractivity contribution in [1.29, 1.82) is 0 Å². The average Bonchev–Trinajstić information content (AvgIpc) is 3.18. The van der Waals surface area contributed by atoms with Crippen molar-refractivity contribution in [3.8, 4) is 0 Å². The second-order valence-electron chi connectivity index (χ2n) is 13.9. The molecule has 0 aromatic heterocycles. The normalized spacial score (nSPS) is 15.2.